The first-order valence-electron chi connectivity index (χ1n) is 4.24. The van der Waals surface area contributed by atoms with Crippen LogP contribution in [0.4, 0.5) is 0 Å². The van der Waals surface area contributed by atoms with Crippen LogP contribution in [0.25, 0.3) is 11.3 Å². The first-order chi connectivity index (χ1) is 6.79. The molecule has 4 nitrogen and oxygen atoms in total. The molecule has 0 saturated heterocycles. The molecule has 0 fully saturated rings. The Kier molecular flexibility index (Phi) is 2.20. The Labute approximate surface area is 80.8 Å². The maximum absolute atomic E-state index is 9.25. The molecule has 0 unspecified atom stereocenters. The summed E-state index contributed by atoms with van der Waals surface area (Å²) < 4.78 is 0. The third kappa shape index (κ3) is 1.60. The Morgan fingerprint density at radius 3 is 2.79 bits per heavy atom. The minimum Gasteiger partial charge on any atom is -0.508 e. The van der Waals surface area contributed by atoms with E-state index >= 15 is 0 Å². The fourth-order valence-electron chi connectivity index (χ4n) is 1.26. The van der Waals surface area contributed by atoms with Gasteiger partial charge in [0.15, 0.2) is 0 Å². The SMILES string of the molecule is OCc1cc(-c2cccc(O)c2)n[nH]1. The van der Waals surface area contributed by atoms with E-state index in [0.29, 0.717) is 11.4 Å². The zero-order valence-corrected chi connectivity index (χ0v) is 7.44. The number of phenols is 1. The summed E-state index contributed by atoms with van der Waals surface area (Å²) in [6.45, 7) is -0.0637. The average Bonchev–Trinajstić information content (AvgIpc) is 2.66. The molecule has 0 spiro atoms. The van der Waals surface area contributed by atoms with Crippen LogP contribution in [0.15, 0.2) is 30.3 Å². The summed E-state index contributed by atoms with van der Waals surface area (Å²) >= 11 is 0. The molecular weight excluding hydrogens is 180 g/mol. The normalized spacial score (nSPS) is 10.4. The van der Waals surface area contributed by atoms with E-state index in [-0.39, 0.29) is 12.4 Å². The molecule has 0 radical (unpaired) electrons. The highest BCUT2D eigenvalue weighted by Gasteiger charge is 2.03. The topological polar surface area (TPSA) is 69.1 Å². The molecule has 2 rings (SSSR count). The second-order valence-corrected chi connectivity index (χ2v) is 2.99. The highest BCUT2D eigenvalue weighted by atomic mass is 16.3. The molecule has 0 aliphatic carbocycles. The van der Waals surface area contributed by atoms with E-state index in [9.17, 15) is 5.11 Å². The summed E-state index contributed by atoms with van der Waals surface area (Å²) in [6, 6.07) is 8.56. The number of phenolic OH excluding ortho intramolecular Hbond substituents is 1. The summed E-state index contributed by atoms with van der Waals surface area (Å²) in [7, 11) is 0. The largest absolute Gasteiger partial charge is 0.508 e. The van der Waals surface area contributed by atoms with Crippen LogP contribution in [0.5, 0.6) is 5.75 Å². The number of aromatic amines is 1. The predicted molar refractivity (Wildman–Crippen MR) is 51.6 cm³/mol. The van der Waals surface area contributed by atoms with Crippen LogP contribution in [-0.4, -0.2) is 20.4 Å². The lowest BCUT2D eigenvalue weighted by molar-refractivity contribution is 0.276. The van der Waals surface area contributed by atoms with Gasteiger partial charge in [-0.25, -0.2) is 0 Å². The predicted octanol–water partition coefficient (Wildman–Crippen LogP) is 1.27. The van der Waals surface area contributed by atoms with Crippen molar-refractivity contribution in [2.45, 2.75) is 6.61 Å². The third-order valence-corrected chi connectivity index (χ3v) is 1.94. The molecule has 0 bridgehead atoms. The molecule has 72 valence electrons. The summed E-state index contributed by atoms with van der Waals surface area (Å²) in [4.78, 5) is 0. The van der Waals surface area contributed by atoms with Crippen molar-refractivity contribution in [3.05, 3.63) is 36.0 Å². The van der Waals surface area contributed by atoms with E-state index in [1.54, 1.807) is 24.3 Å². The molecule has 3 N–H and O–H groups in total. The zero-order chi connectivity index (χ0) is 9.97. The Morgan fingerprint density at radius 2 is 2.14 bits per heavy atom. The number of nitrogens with zero attached hydrogens (tertiary/aromatic N) is 1. The van der Waals surface area contributed by atoms with Crippen LogP contribution in [0.1, 0.15) is 5.69 Å². The molecule has 4 heteroatoms. The van der Waals surface area contributed by atoms with Gasteiger partial charge in [0, 0.05) is 5.56 Å². The summed E-state index contributed by atoms with van der Waals surface area (Å²) in [6.07, 6.45) is 0. The fourth-order valence-corrected chi connectivity index (χ4v) is 1.26. The standard InChI is InChI=1S/C10H10N2O2/c13-6-8-5-10(12-11-8)7-2-1-3-9(14)4-7/h1-5,13-14H,6H2,(H,11,12). The Hall–Kier alpha value is -1.81. The molecule has 2 aromatic rings. The van der Waals surface area contributed by atoms with Gasteiger partial charge < -0.3 is 10.2 Å². The quantitative estimate of drug-likeness (QED) is 0.668. The van der Waals surface area contributed by atoms with E-state index in [1.807, 2.05) is 6.07 Å². The molecule has 0 aliphatic rings. The number of aliphatic hydroxyl groups excluding tert-OH is 1. The third-order valence-electron chi connectivity index (χ3n) is 1.94. The van der Waals surface area contributed by atoms with E-state index in [1.165, 1.54) is 0 Å². The van der Waals surface area contributed by atoms with Gasteiger partial charge in [-0.05, 0) is 18.2 Å². The number of hydrogen-bond acceptors (Lipinski definition) is 3. The number of benzene rings is 1. The van der Waals surface area contributed by atoms with Crippen molar-refractivity contribution in [2.24, 2.45) is 0 Å². The van der Waals surface area contributed by atoms with Crippen LogP contribution >= 0.6 is 0 Å². The molecule has 0 saturated carbocycles. The van der Waals surface area contributed by atoms with Gasteiger partial charge in [0.05, 0.1) is 18.0 Å². The summed E-state index contributed by atoms with van der Waals surface area (Å²) in [5.41, 5.74) is 2.19. The van der Waals surface area contributed by atoms with Crippen molar-refractivity contribution in [3.63, 3.8) is 0 Å². The van der Waals surface area contributed by atoms with E-state index < -0.39 is 0 Å². The van der Waals surface area contributed by atoms with Crippen LogP contribution in [-0.2, 0) is 6.61 Å². The smallest absolute Gasteiger partial charge is 0.116 e. The lowest BCUT2D eigenvalue weighted by Gasteiger charge is -1.95. The zero-order valence-electron chi connectivity index (χ0n) is 7.44. The number of hydrogen-bond donors (Lipinski definition) is 3. The van der Waals surface area contributed by atoms with E-state index in [4.69, 9.17) is 5.11 Å². The van der Waals surface area contributed by atoms with Gasteiger partial charge in [0.2, 0.25) is 0 Å². The molecule has 1 aromatic heterocycles. The van der Waals surface area contributed by atoms with Gasteiger partial charge in [0.25, 0.3) is 0 Å². The number of aliphatic hydroxyl groups is 1. The molecular formula is C10H10N2O2. The van der Waals surface area contributed by atoms with E-state index in [2.05, 4.69) is 10.2 Å². The van der Waals surface area contributed by atoms with Crippen LogP contribution < -0.4 is 0 Å². The monoisotopic (exact) mass is 190 g/mol. The first kappa shape index (κ1) is 8.77. The number of aromatic hydroxyl groups is 1. The second-order valence-electron chi connectivity index (χ2n) is 2.99. The molecule has 0 atom stereocenters. The van der Waals surface area contributed by atoms with Gasteiger partial charge in [-0.2, -0.15) is 5.10 Å². The first-order valence-corrected chi connectivity index (χ1v) is 4.24. The van der Waals surface area contributed by atoms with Gasteiger partial charge in [-0.15, -0.1) is 0 Å². The minimum absolute atomic E-state index is 0.0637. The van der Waals surface area contributed by atoms with Crippen LogP contribution in [0.2, 0.25) is 0 Å². The lowest BCUT2D eigenvalue weighted by atomic mass is 10.1. The lowest BCUT2D eigenvalue weighted by Crippen LogP contribution is -1.79. The van der Waals surface area contributed by atoms with Crippen LogP contribution in [0.3, 0.4) is 0 Å². The van der Waals surface area contributed by atoms with Crippen molar-refractivity contribution >= 4 is 0 Å². The summed E-state index contributed by atoms with van der Waals surface area (Å²) in [5.74, 6) is 0.205. The molecule has 1 aromatic carbocycles. The van der Waals surface area contributed by atoms with Gasteiger partial charge in [-0.3, -0.25) is 5.10 Å². The van der Waals surface area contributed by atoms with Crippen molar-refractivity contribution in [1.82, 2.24) is 10.2 Å². The highest BCUT2D eigenvalue weighted by molar-refractivity contribution is 5.61. The second kappa shape index (κ2) is 3.51. The number of aromatic nitrogens is 2. The van der Waals surface area contributed by atoms with Crippen molar-refractivity contribution < 1.29 is 10.2 Å². The highest BCUT2D eigenvalue weighted by Crippen LogP contribution is 2.21. The average molecular weight is 190 g/mol. The van der Waals surface area contributed by atoms with Gasteiger partial charge >= 0.3 is 0 Å². The molecule has 14 heavy (non-hydrogen) atoms. The van der Waals surface area contributed by atoms with Gasteiger partial charge in [0.1, 0.15) is 5.75 Å². The maximum Gasteiger partial charge on any atom is 0.116 e. The Morgan fingerprint density at radius 1 is 1.29 bits per heavy atom. The molecule has 0 amide bonds. The fraction of sp³-hybridized carbons (Fsp3) is 0.100. The number of rotatable bonds is 2. The van der Waals surface area contributed by atoms with E-state index in [0.717, 1.165) is 5.56 Å². The number of nitrogens with one attached hydrogen (secondary N) is 1. The van der Waals surface area contributed by atoms with Crippen molar-refractivity contribution in [3.8, 4) is 17.0 Å². The molecule has 1 heterocycles. The number of H-pyrrole nitrogens is 1. The van der Waals surface area contributed by atoms with Crippen molar-refractivity contribution in [1.29, 1.82) is 0 Å². The maximum atomic E-state index is 9.25. The Bertz CT molecular complexity index is 437. The van der Waals surface area contributed by atoms with Gasteiger partial charge in [-0.1, -0.05) is 12.1 Å². The van der Waals surface area contributed by atoms with Crippen LogP contribution in [0, 0.1) is 0 Å². The molecule has 0 aliphatic heterocycles. The van der Waals surface area contributed by atoms with Crippen molar-refractivity contribution in [2.75, 3.05) is 0 Å². The summed E-state index contributed by atoms with van der Waals surface area (Å²) in [5, 5.41) is 24.8. The minimum atomic E-state index is -0.0637. The Balaban J connectivity index is 2.39.